The molecule has 2 nitrogen and oxygen atoms in total. The van der Waals surface area contributed by atoms with Crippen molar-refractivity contribution in [3.63, 3.8) is 0 Å². The molecule has 0 bridgehead atoms. The van der Waals surface area contributed by atoms with E-state index in [1.54, 1.807) is 0 Å². The molecule has 2 rings (SSSR count). The Morgan fingerprint density at radius 3 is 2.63 bits per heavy atom. The fourth-order valence-corrected chi connectivity index (χ4v) is 2.14. The largest absolute Gasteiger partial charge is 0.462 e. The highest BCUT2D eigenvalue weighted by Gasteiger charge is 2.10. The van der Waals surface area contributed by atoms with Gasteiger partial charge in [0.1, 0.15) is 0 Å². The van der Waals surface area contributed by atoms with E-state index in [-0.39, 0.29) is 5.97 Å². The number of fused-ring (bicyclic) bond motifs is 1. The van der Waals surface area contributed by atoms with Gasteiger partial charge in [-0.05, 0) is 35.6 Å². The molecule has 0 saturated carbocycles. The van der Waals surface area contributed by atoms with Crippen LogP contribution in [0.2, 0.25) is 0 Å². The van der Waals surface area contributed by atoms with E-state index in [0.717, 1.165) is 23.6 Å². The van der Waals surface area contributed by atoms with Gasteiger partial charge in [-0.3, -0.25) is 0 Å². The Balaban J connectivity index is 2.05. The highest BCUT2D eigenvalue weighted by Crippen LogP contribution is 2.19. The van der Waals surface area contributed by atoms with Crippen LogP contribution in [0.5, 0.6) is 0 Å². The molecule has 0 unspecified atom stereocenters. The van der Waals surface area contributed by atoms with Gasteiger partial charge in [0.2, 0.25) is 0 Å². The van der Waals surface area contributed by atoms with Gasteiger partial charge in [0.05, 0.1) is 12.2 Å². The third kappa shape index (κ3) is 3.57. The molecular weight excluding hydrogens is 236 g/mol. The van der Waals surface area contributed by atoms with Crippen LogP contribution in [0, 0.1) is 5.92 Å². The van der Waals surface area contributed by atoms with E-state index >= 15 is 0 Å². The molecule has 0 atom stereocenters. The van der Waals surface area contributed by atoms with Gasteiger partial charge in [-0.1, -0.05) is 50.2 Å². The van der Waals surface area contributed by atoms with E-state index in [0.29, 0.717) is 18.1 Å². The van der Waals surface area contributed by atoms with Crippen LogP contribution < -0.4 is 0 Å². The molecular formula is C17H20O2. The van der Waals surface area contributed by atoms with E-state index < -0.39 is 0 Å². The lowest BCUT2D eigenvalue weighted by Crippen LogP contribution is -2.07. The van der Waals surface area contributed by atoms with Crippen molar-refractivity contribution >= 4 is 16.7 Å². The lowest BCUT2D eigenvalue weighted by molar-refractivity contribution is 0.0497. The maximum absolute atomic E-state index is 12.1. The molecule has 0 radical (unpaired) electrons. The van der Waals surface area contributed by atoms with Gasteiger partial charge in [-0.2, -0.15) is 0 Å². The molecule has 19 heavy (non-hydrogen) atoms. The Morgan fingerprint density at radius 1 is 1.11 bits per heavy atom. The van der Waals surface area contributed by atoms with Crippen LogP contribution in [0.4, 0.5) is 0 Å². The third-order valence-corrected chi connectivity index (χ3v) is 3.17. The SMILES string of the molecule is CC(C)CCCOC(=O)c1cccc2ccccc12. The zero-order chi connectivity index (χ0) is 13.7. The third-order valence-electron chi connectivity index (χ3n) is 3.17. The van der Waals surface area contributed by atoms with E-state index in [2.05, 4.69) is 13.8 Å². The maximum atomic E-state index is 12.1. The van der Waals surface area contributed by atoms with Crippen molar-refractivity contribution in [2.45, 2.75) is 26.7 Å². The summed E-state index contributed by atoms with van der Waals surface area (Å²) in [6, 6.07) is 13.6. The number of hydrogen-bond acceptors (Lipinski definition) is 2. The summed E-state index contributed by atoms with van der Waals surface area (Å²) < 4.78 is 5.35. The first-order chi connectivity index (χ1) is 9.18. The summed E-state index contributed by atoms with van der Waals surface area (Å²) in [5.74, 6) is 0.428. The normalized spacial score (nSPS) is 10.9. The molecule has 0 N–H and O–H groups in total. The standard InChI is InChI=1S/C17H20O2/c1-13(2)7-6-12-19-17(18)16-11-5-9-14-8-3-4-10-15(14)16/h3-5,8-11,13H,6-7,12H2,1-2H3. The molecule has 2 aromatic rings. The number of benzene rings is 2. The highest BCUT2D eigenvalue weighted by atomic mass is 16.5. The molecule has 0 fully saturated rings. The second kappa shape index (κ2) is 6.37. The van der Waals surface area contributed by atoms with Crippen LogP contribution in [-0.2, 0) is 4.74 Å². The lowest BCUT2D eigenvalue weighted by Gasteiger charge is -2.08. The number of hydrogen-bond donors (Lipinski definition) is 0. The van der Waals surface area contributed by atoms with Crippen molar-refractivity contribution in [1.29, 1.82) is 0 Å². The number of esters is 1. The first-order valence-corrected chi connectivity index (χ1v) is 6.83. The van der Waals surface area contributed by atoms with Crippen molar-refractivity contribution in [3.8, 4) is 0 Å². The summed E-state index contributed by atoms with van der Waals surface area (Å²) in [4.78, 5) is 12.1. The summed E-state index contributed by atoms with van der Waals surface area (Å²) in [6.45, 7) is 4.85. The quantitative estimate of drug-likeness (QED) is 0.584. The van der Waals surface area contributed by atoms with Crippen molar-refractivity contribution < 1.29 is 9.53 Å². The number of carbonyl (C=O) groups is 1. The molecule has 2 aromatic carbocycles. The molecule has 0 aromatic heterocycles. The Kier molecular flexibility index (Phi) is 4.56. The summed E-state index contributed by atoms with van der Waals surface area (Å²) in [5.41, 5.74) is 0.655. The van der Waals surface area contributed by atoms with Crippen LogP contribution in [0.15, 0.2) is 42.5 Å². The Hall–Kier alpha value is -1.83. The van der Waals surface area contributed by atoms with E-state index in [1.807, 2.05) is 42.5 Å². The Morgan fingerprint density at radius 2 is 1.84 bits per heavy atom. The van der Waals surface area contributed by atoms with Crippen LogP contribution in [0.1, 0.15) is 37.0 Å². The van der Waals surface area contributed by atoms with Crippen molar-refractivity contribution in [1.82, 2.24) is 0 Å². The molecule has 0 spiro atoms. The summed E-state index contributed by atoms with van der Waals surface area (Å²) in [6.07, 6.45) is 2.01. The minimum absolute atomic E-state index is 0.222. The van der Waals surface area contributed by atoms with Gasteiger partial charge in [0.15, 0.2) is 0 Å². The first-order valence-electron chi connectivity index (χ1n) is 6.83. The minimum Gasteiger partial charge on any atom is -0.462 e. The van der Waals surface area contributed by atoms with Crippen molar-refractivity contribution in [3.05, 3.63) is 48.0 Å². The van der Waals surface area contributed by atoms with E-state index in [9.17, 15) is 4.79 Å². The smallest absolute Gasteiger partial charge is 0.338 e. The number of rotatable bonds is 5. The van der Waals surface area contributed by atoms with Crippen LogP contribution in [-0.4, -0.2) is 12.6 Å². The second-order valence-corrected chi connectivity index (χ2v) is 5.20. The fourth-order valence-electron chi connectivity index (χ4n) is 2.14. The zero-order valence-electron chi connectivity index (χ0n) is 11.6. The molecule has 0 heterocycles. The maximum Gasteiger partial charge on any atom is 0.338 e. The predicted octanol–water partition coefficient (Wildman–Crippen LogP) is 4.43. The monoisotopic (exact) mass is 256 g/mol. The van der Waals surface area contributed by atoms with Crippen LogP contribution >= 0.6 is 0 Å². The van der Waals surface area contributed by atoms with Gasteiger partial charge < -0.3 is 4.74 Å². The van der Waals surface area contributed by atoms with Crippen LogP contribution in [0.25, 0.3) is 10.8 Å². The predicted molar refractivity (Wildman–Crippen MR) is 78.3 cm³/mol. The second-order valence-electron chi connectivity index (χ2n) is 5.20. The van der Waals surface area contributed by atoms with Gasteiger partial charge in [0.25, 0.3) is 0 Å². The molecule has 0 aliphatic heterocycles. The average molecular weight is 256 g/mol. The highest BCUT2D eigenvalue weighted by molar-refractivity contribution is 6.04. The van der Waals surface area contributed by atoms with Crippen molar-refractivity contribution in [2.24, 2.45) is 5.92 Å². The first kappa shape index (κ1) is 13.6. The fraction of sp³-hybridized carbons (Fsp3) is 0.353. The summed E-state index contributed by atoms with van der Waals surface area (Å²) in [7, 11) is 0. The van der Waals surface area contributed by atoms with Crippen molar-refractivity contribution in [2.75, 3.05) is 6.61 Å². The topological polar surface area (TPSA) is 26.3 Å². The minimum atomic E-state index is -0.222. The van der Waals surface area contributed by atoms with Gasteiger partial charge in [-0.15, -0.1) is 0 Å². The average Bonchev–Trinajstić information content (AvgIpc) is 2.42. The zero-order valence-corrected chi connectivity index (χ0v) is 11.6. The van der Waals surface area contributed by atoms with Crippen LogP contribution in [0.3, 0.4) is 0 Å². The molecule has 0 amide bonds. The van der Waals surface area contributed by atoms with E-state index in [4.69, 9.17) is 4.74 Å². The molecule has 0 aliphatic carbocycles. The lowest BCUT2D eigenvalue weighted by atomic mass is 10.0. The number of ether oxygens (including phenoxy) is 1. The molecule has 100 valence electrons. The number of carbonyl (C=O) groups excluding carboxylic acids is 1. The van der Waals surface area contributed by atoms with Gasteiger partial charge in [-0.25, -0.2) is 4.79 Å². The van der Waals surface area contributed by atoms with E-state index in [1.165, 1.54) is 0 Å². The summed E-state index contributed by atoms with van der Waals surface area (Å²) in [5, 5.41) is 2.03. The molecule has 2 heteroatoms. The van der Waals surface area contributed by atoms with Gasteiger partial charge >= 0.3 is 5.97 Å². The molecule has 0 aliphatic rings. The summed E-state index contributed by atoms with van der Waals surface area (Å²) >= 11 is 0. The molecule has 0 saturated heterocycles. The Bertz CT molecular complexity index is 553. The Labute approximate surface area is 114 Å². The van der Waals surface area contributed by atoms with Gasteiger partial charge in [0, 0.05) is 0 Å².